The van der Waals surface area contributed by atoms with Gasteiger partial charge in [0.1, 0.15) is 0 Å². The summed E-state index contributed by atoms with van der Waals surface area (Å²) in [5.41, 5.74) is 1.43. The smallest absolute Gasteiger partial charge is 0.232 e. The summed E-state index contributed by atoms with van der Waals surface area (Å²) in [5.74, 6) is 0.765. The largest absolute Gasteiger partial charge is 0.325 e. The molecule has 1 aromatic carbocycles. The van der Waals surface area contributed by atoms with Crippen LogP contribution in [0.1, 0.15) is 38.5 Å². The normalized spacial score (nSPS) is 29.6. The van der Waals surface area contributed by atoms with E-state index in [2.05, 4.69) is 10.6 Å². The second-order valence-electron chi connectivity index (χ2n) is 7.38. The van der Waals surface area contributed by atoms with Crippen molar-refractivity contribution in [2.45, 2.75) is 38.5 Å². The maximum Gasteiger partial charge on any atom is 0.232 e. The van der Waals surface area contributed by atoms with Gasteiger partial charge in [-0.2, -0.15) is 0 Å². The van der Waals surface area contributed by atoms with E-state index in [1.165, 1.54) is 6.42 Å². The van der Waals surface area contributed by atoms with Gasteiger partial charge in [-0.15, -0.1) is 0 Å². The van der Waals surface area contributed by atoms with Crippen molar-refractivity contribution in [2.24, 2.45) is 11.3 Å². The number of carbonyl (C=O) groups excluding carboxylic acids is 2. The van der Waals surface area contributed by atoms with Gasteiger partial charge in [-0.1, -0.05) is 18.9 Å². The van der Waals surface area contributed by atoms with Crippen LogP contribution in [0.5, 0.6) is 0 Å². The molecule has 0 spiro atoms. The molecule has 5 nitrogen and oxygen atoms in total. The number of carbonyl (C=O) groups is 2. The molecule has 0 unspecified atom stereocenters. The fourth-order valence-electron chi connectivity index (χ4n) is 4.62. The van der Waals surface area contributed by atoms with Crippen LogP contribution in [0.2, 0.25) is 0 Å². The quantitative estimate of drug-likeness (QED) is 0.897. The Morgan fingerprint density at radius 2 is 2.21 bits per heavy atom. The van der Waals surface area contributed by atoms with E-state index < -0.39 is 0 Å². The van der Waals surface area contributed by atoms with Crippen molar-refractivity contribution in [1.82, 2.24) is 5.32 Å². The van der Waals surface area contributed by atoms with Gasteiger partial charge < -0.3 is 15.5 Å². The molecule has 1 saturated carbocycles. The van der Waals surface area contributed by atoms with Crippen molar-refractivity contribution < 1.29 is 9.59 Å². The van der Waals surface area contributed by atoms with E-state index in [9.17, 15) is 9.59 Å². The molecule has 2 heterocycles. The third kappa shape index (κ3) is 2.61. The van der Waals surface area contributed by atoms with Gasteiger partial charge in [0.05, 0.1) is 5.41 Å². The zero-order valence-electron chi connectivity index (χ0n) is 14.0. The predicted molar refractivity (Wildman–Crippen MR) is 93.9 cm³/mol. The lowest BCUT2D eigenvalue weighted by atomic mass is 9.67. The second-order valence-corrected chi connectivity index (χ2v) is 7.38. The summed E-state index contributed by atoms with van der Waals surface area (Å²) in [7, 11) is 0. The van der Waals surface area contributed by atoms with E-state index in [1.807, 2.05) is 29.2 Å². The van der Waals surface area contributed by atoms with E-state index in [0.717, 1.165) is 56.7 Å². The van der Waals surface area contributed by atoms with Crippen molar-refractivity contribution in [3.63, 3.8) is 0 Å². The van der Waals surface area contributed by atoms with Crippen LogP contribution >= 0.6 is 0 Å². The third-order valence-corrected chi connectivity index (χ3v) is 5.98. The fourth-order valence-corrected chi connectivity index (χ4v) is 4.62. The molecule has 2 amide bonds. The average molecular weight is 327 g/mol. The van der Waals surface area contributed by atoms with E-state index in [-0.39, 0.29) is 17.2 Å². The van der Waals surface area contributed by atoms with Crippen LogP contribution in [0.3, 0.4) is 0 Å². The zero-order valence-corrected chi connectivity index (χ0v) is 14.0. The molecule has 0 bridgehead atoms. The van der Waals surface area contributed by atoms with Crippen molar-refractivity contribution in [2.75, 3.05) is 29.9 Å². The van der Waals surface area contributed by atoms with Crippen molar-refractivity contribution in [3.8, 4) is 0 Å². The first-order valence-electron chi connectivity index (χ1n) is 9.12. The highest BCUT2D eigenvalue weighted by Crippen LogP contribution is 2.44. The maximum atomic E-state index is 13.0. The van der Waals surface area contributed by atoms with Gasteiger partial charge in [-0.25, -0.2) is 0 Å². The molecule has 1 aromatic rings. The molecule has 0 aromatic heterocycles. The van der Waals surface area contributed by atoms with Crippen LogP contribution in [-0.4, -0.2) is 31.4 Å². The van der Waals surface area contributed by atoms with E-state index in [4.69, 9.17) is 0 Å². The summed E-state index contributed by atoms with van der Waals surface area (Å²) in [6, 6.07) is 7.70. The Morgan fingerprint density at radius 1 is 1.29 bits per heavy atom. The number of rotatable bonds is 3. The highest BCUT2D eigenvalue weighted by molar-refractivity contribution is 5.98. The number of hydrogen-bond acceptors (Lipinski definition) is 3. The molecule has 1 aliphatic carbocycles. The predicted octanol–water partition coefficient (Wildman–Crippen LogP) is 2.53. The first kappa shape index (κ1) is 15.6. The minimum Gasteiger partial charge on any atom is -0.325 e. The lowest BCUT2D eigenvalue weighted by Gasteiger charge is -2.37. The lowest BCUT2D eigenvalue weighted by Crippen LogP contribution is -2.44. The number of hydrogen-bond donors (Lipinski definition) is 2. The highest BCUT2D eigenvalue weighted by atomic mass is 16.2. The molecule has 2 saturated heterocycles. The summed E-state index contributed by atoms with van der Waals surface area (Å²) in [6.07, 6.45) is 6.00. The molecule has 3 fully saturated rings. The Morgan fingerprint density at radius 3 is 3.04 bits per heavy atom. The number of anilines is 2. The SMILES string of the molecule is O=C1CCCN1c1cccc(NC(=O)[C@@]23CCCC[C@H]2CNC3)c1. The van der Waals surface area contributed by atoms with Gasteiger partial charge in [-0.05, 0) is 49.9 Å². The highest BCUT2D eigenvalue weighted by Gasteiger charge is 2.49. The average Bonchev–Trinajstić information content (AvgIpc) is 3.21. The zero-order chi connectivity index (χ0) is 16.6. The standard InChI is InChI=1S/C19H25N3O2/c23-17-8-4-10-22(17)16-7-3-6-15(11-16)21-18(24)19-9-2-1-5-14(19)12-20-13-19/h3,6-7,11,14,20H,1-2,4-5,8-10,12-13H2,(H,21,24)/t14-,19+/m0/s1. The summed E-state index contributed by atoms with van der Waals surface area (Å²) in [6.45, 7) is 2.51. The molecule has 2 N–H and O–H groups in total. The Balaban J connectivity index is 1.53. The van der Waals surface area contributed by atoms with E-state index in [1.54, 1.807) is 0 Å². The molecule has 2 aliphatic heterocycles. The molecule has 3 aliphatic rings. The molecule has 24 heavy (non-hydrogen) atoms. The minimum atomic E-state index is -0.252. The Bertz CT molecular complexity index is 660. The molecule has 2 atom stereocenters. The van der Waals surface area contributed by atoms with Crippen LogP contribution < -0.4 is 15.5 Å². The number of benzene rings is 1. The summed E-state index contributed by atoms with van der Waals surface area (Å²) >= 11 is 0. The minimum absolute atomic E-state index is 0.141. The van der Waals surface area contributed by atoms with Gasteiger partial charge in [0.25, 0.3) is 0 Å². The van der Waals surface area contributed by atoms with Gasteiger partial charge in [0.2, 0.25) is 11.8 Å². The first-order chi connectivity index (χ1) is 11.7. The van der Waals surface area contributed by atoms with Gasteiger partial charge in [-0.3, -0.25) is 9.59 Å². The van der Waals surface area contributed by atoms with Crippen molar-refractivity contribution in [1.29, 1.82) is 0 Å². The van der Waals surface area contributed by atoms with Crippen LogP contribution in [0.4, 0.5) is 11.4 Å². The van der Waals surface area contributed by atoms with Crippen LogP contribution in [0.25, 0.3) is 0 Å². The summed E-state index contributed by atoms with van der Waals surface area (Å²) in [5, 5.41) is 6.56. The van der Waals surface area contributed by atoms with Crippen LogP contribution in [-0.2, 0) is 9.59 Å². The van der Waals surface area contributed by atoms with E-state index >= 15 is 0 Å². The Hall–Kier alpha value is -1.88. The van der Waals surface area contributed by atoms with Gasteiger partial charge in [0, 0.05) is 30.9 Å². The second kappa shape index (κ2) is 6.20. The summed E-state index contributed by atoms with van der Waals surface area (Å²) in [4.78, 5) is 26.8. The van der Waals surface area contributed by atoms with E-state index in [0.29, 0.717) is 12.3 Å². The number of amides is 2. The monoisotopic (exact) mass is 327 g/mol. The third-order valence-electron chi connectivity index (χ3n) is 5.98. The number of nitrogens with zero attached hydrogens (tertiary/aromatic N) is 1. The Labute approximate surface area is 142 Å². The molecule has 4 rings (SSSR count). The lowest BCUT2D eigenvalue weighted by molar-refractivity contribution is -0.128. The molecular weight excluding hydrogens is 302 g/mol. The van der Waals surface area contributed by atoms with Crippen LogP contribution in [0.15, 0.2) is 24.3 Å². The molecular formula is C19H25N3O2. The topological polar surface area (TPSA) is 61.4 Å². The molecule has 0 radical (unpaired) electrons. The molecule has 128 valence electrons. The van der Waals surface area contributed by atoms with Gasteiger partial charge >= 0.3 is 0 Å². The van der Waals surface area contributed by atoms with Crippen molar-refractivity contribution in [3.05, 3.63) is 24.3 Å². The number of fused-ring (bicyclic) bond motifs is 1. The Kier molecular flexibility index (Phi) is 4.04. The van der Waals surface area contributed by atoms with Gasteiger partial charge in [0.15, 0.2) is 0 Å². The number of nitrogens with one attached hydrogen (secondary N) is 2. The van der Waals surface area contributed by atoms with Crippen LogP contribution in [0, 0.1) is 11.3 Å². The maximum absolute atomic E-state index is 13.0. The molecule has 5 heteroatoms. The first-order valence-corrected chi connectivity index (χ1v) is 9.12. The fraction of sp³-hybridized carbons (Fsp3) is 0.579. The van der Waals surface area contributed by atoms with Crippen molar-refractivity contribution >= 4 is 23.2 Å². The summed E-state index contributed by atoms with van der Waals surface area (Å²) < 4.78 is 0.